The summed E-state index contributed by atoms with van der Waals surface area (Å²) < 4.78 is 29.5. The van der Waals surface area contributed by atoms with Crippen molar-refractivity contribution in [2.75, 3.05) is 18.8 Å². The minimum Gasteiger partial charge on any atom is -0.440 e. The molecule has 0 atom stereocenters. The minimum atomic E-state index is -3.20. The van der Waals surface area contributed by atoms with Gasteiger partial charge in [0.2, 0.25) is 0 Å². The zero-order valence-electron chi connectivity index (χ0n) is 11.4. The minimum absolute atomic E-state index is 0.0948. The summed E-state index contributed by atoms with van der Waals surface area (Å²) in [7, 11) is -3.20. The van der Waals surface area contributed by atoms with E-state index in [-0.39, 0.29) is 5.75 Å². The molecular formula is C14H18N2O3S. The third-order valence-corrected chi connectivity index (χ3v) is 5.54. The first-order valence-corrected chi connectivity index (χ1v) is 8.59. The Morgan fingerprint density at radius 1 is 1.35 bits per heavy atom. The number of rotatable bonds is 3. The molecule has 1 N–H and O–H groups in total. The summed E-state index contributed by atoms with van der Waals surface area (Å²) in [6, 6.07) is 4.91. The zero-order chi connectivity index (χ0) is 14.2. The highest BCUT2D eigenvalue weighted by Crippen LogP contribution is 2.28. The van der Waals surface area contributed by atoms with E-state index in [1.807, 2.05) is 0 Å². The summed E-state index contributed by atoms with van der Waals surface area (Å²) in [5, 5.41) is 3.31. The zero-order valence-corrected chi connectivity index (χ0v) is 12.2. The second kappa shape index (κ2) is 5.18. The molecule has 2 heterocycles. The van der Waals surface area contributed by atoms with Crippen molar-refractivity contribution >= 4 is 20.9 Å². The fourth-order valence-electron chi connectivity index (χ4n) is 2.53. The molecule has 1 aromatic carbocycles. The topological polar surface area (TPSA) is 72.2 Å². The monoisotopic (exact) mass is 294 g/mol. The van der Waals surface area contributed by atoms with E-state index in [1.165, 1.54) is 0 Å². The second-order valence-corrected chi connectivity index (χ2v) is 7.39. The van der Waals surface area contributed by atoms with Crippen LogP contribution in [0.15, 0.2) is 27.5 Å². The molecule has 0 radical (unpaired) electrons. The molecule has 1 saturated heterocycles. The summed E-state index contributed by atoms with van der Waals surface area (Å²) in [5.41, 5.74) is 1.29. The van der Waals surface area contributed by atoms with E-state index in [9.17, 15) is 8.42 Å². The summed E-state index contributed by atoms with van der Waals surface area (Å²) in [5.74, 6) is 1.15. The number of nitrogens with one attached hydrogen (secondary N) is 1. The van der Waals surface area contributed by atoms with Crippen LogP contribution < -0.4 is 5.32 Å². The number of oxazole rings is 1. The Morgan fingerprint density at radius 2 is 2.10 bits per heavy atom. The first-order valence-electron chi connectivity index (χ1n) is 6.94. The fraction of sp³-hybridized carbons (Fsp3) is 0.500. The lowest BCUT2D eigenvalue weighted by molar-refractivity contribution is 0.385. The normalized spacial score (nSPS) is 17.6. The number of aromatic nitrogens is 1. The average molecular weight is 294 g/mol. The number of piperidine rings is 1. The van der Waals surface area contributed by atoms with Crippen LogP contribution in [-0.2, 0) is 9.84 Å². The van der Waals surface area contributed by atoms with E-state index >= 15 is 0 Å². The van der Waals surface area contributed by atoms with Gasteiger partial charge in [0, 0.05) is 5.92 Å². The van der Waals surface area contributed by atoms with Gasteiger partial charge in [0.05, 0.1) is 10.6 Å². The number of sulfone groups is 1. The van der Waals surface area contributed by atoms with Crippen molar-refractivity contribution in [3.63, 3.8) is 0 Å². The van der Waals surface area contributed by atoms with Crippen molar-refractivity contribution in [1.82, 2.24) is 10.3 Å². The molecule has 0 amide bonds. The third kappa shape index (κ3) is 2.45. The Hall–Kier alpha value is -1.40. The van der Waals surface area contributed by atoms with E-state index in [2.05, 4.69) is 10.3 Å². The van der Waals surface area contributed by atoms with Crippen LogP contribution in [0.1, 0.15) is 31.6 Å². The number of benzene rings is 1. The summed E-state index contributed by atoms with van der Waals surface area (Å²) in [4.78, 5) is 4.80. The second-order valence-electron chi connectivity index (χ2n) is 5.11. The lowest BCUT2D eigenvalue weighted by atomic mass is 9.98. The molecule has 20 heavy (non-hydrogen) atoms. The van der Waals surface area contributed by atoms with Gasteiger partial charge in [-0.1, -0.05) is 6.92 Å². The smallest absolute Gasteiger partial charge is 0.198 e. The Labute approximate surface area is 118 Å². The van der Waals surface area contributed by atoms with Crippen LogP contribution in [0.3, 0.4) is 0 Å². The van der Waals surface area contributed by atoms with Gasteiger partial charge in [-0.3, -0.25) is 0 Å². The maximum atomic E-state index is 11.9. The van der Waals surface area contributed by atoms with Gasteiger partial charge in [-0.2, -0.15) is 0 Å². The SMILES string of the molecule is CCS(=O)(=O)c1ccc2oc(C3CCNCC3)nc2c1. The van der Waals surface area contributed by atoms with Gasteiger partial charge in [-0.05, 0) is 44.1 Å². The fourth-order valence-corrected chi connectivity index (χ4v) is 3.43. The highest BCUT2D eigenvalue weighted by Gasteiger charge is 2.21. The molecule has 6 heteroatoms. The first-order chi connectivity index (χ1) is 9.60. The van der Waals surface area contributed by atoms with Crippen molar-refractivity contribution in [3.05, 3.63) is 24.1 Å². The highest BCUT2D eigenvalue weighted by atomic mass is 32.2. The first kappa shape index (κ1) is 13.6. The van der Waals surface area contributed by atoms with Crippen molar-refractivity contribution in [2.45, 2.75) is 30.6 Å². The Morgan fingerprint density at radius 3 is 2.80 bits per heavy atom. The number of hydrogen-bond donors (Lipinski definition) is 1. The summed E-state index contributed by atoms with van der Waals surface area (Å²) in [6.07, 6.45) is 2.01. The summed E-state index contributed by atoms with van der Waals surface area (Å²) >= 11 is 0. The van der Waals surface area contributed by atoms with Crippen molar-refractivity contribution < 1.29 is 12.8 Å². The van der Waals surface area contributed by atoms with E-state index in [4.69, 9.17) is 4.42 Å². The molecule has 1 aliphatic rings. The number of fused-ring (bicyclic) bond motifs is 1. The van der Waals surface area contributed by atoms with Gasteiger partial charge in [-0.25, -0.2) is 13.4 Å². The van der Waals surface area contributed by atoms with E-state index in [0.29, 0.717) is 21.9 Å². The van der Waals surface area contributed by atoms with Gasteiger partial charge in [0.25, 0.3) is 0 Å². The molecule has 1 aliphatic heterocycles. The van der Waals surface area contributed by atoms with Crippen molar-refractivity contribution in [1.29, 1.82) is 0 Å². The number of hydrogen-bond acceptors (Lipinski definition) is 5. The molecule has 5 nitrogen and oxygen atoms in total. The maximum absolute atomic E-state index is 11.9. The molecule has 108 valence electrons. The van der Waals surface area contributed by atoms with Gasteiger partial charge in [0.15, 0.2) is 21.3 Å². The molecule has 0 bridgehead atoms. The van der Waals surface area contributed by atoms with Gasteiger partial charge in [-0.15, -0.1) is 0 Å². The van der Waals surface area contributed by atoms with Crippen LogP contribution in [0.4, 0.5) is 0 Å². The van der Waals surface area contributed by atoms with Crippen LogP contribution in [0.25, 0.3) is 11.1 Å². The quantitative estimate of drug-likeness (QED) is 0.938. The molecule has 0 saturated carbocycles. The van der Waals surface area contributed by atoms with Crippen LogP contribution in [0, 0.1) is 0 Å². The third-order valence-electron chi connectivity index (χ3n) is 3.80. The lowest BCUT2D eigenvalue weighted by Crippen LogP contribution is -2.26. The average Bonchev–Trinajstić information content (AvgIpc) is 2.91. The van der Waals surface area contributed by atoms with Crippen LogP contribution in [0.5, 0.6) is 0 Å². The Balaban J connectivity index is 1.99. The van der Waals surface area contributed by atoms with Crippen LogP contribution in [0.2, 0.25) is 0 Å². The molecule has 1 fully saturated rings. The Bertz CT molecular complexity index is 715. The standard InChI is InChI=1S/C14H18N2O3S/c1-2-20(17,18)11-3-4-13-12(9-11)16-14(19-13)10-5-7-15-8-6-10/h3-4,9-10,15H,2,5-8H2,1H3. The largest absolute Gasteiger partial charge is 0.440 e. The molecular weight excluding hydrogens is 276 g/mol. The lowest BCUT2D eigenvalue weighted by Gasteiger charge is -2.19. The maximum Gasteiger partial charge on any atom is 0.198 e. The molecule has 0 unspecified atom stereocenters. The van der Waals surface area contributed by atoms with Crippen LogP contribution >= 0.6 is 0 Å². The molecule has 0 spiro atoms. The predicted molar refractivity (Wildman–Crippen MR) is 76.6 cm³/mol. The Kier molecular flexibility index (Phi) is 3.52. The van der Waals surface area contributed by atoms with E-state index < -0.39 is 9.84 Å². The van der Waals surface area contributed by atoms with Gasteiger partial charge >= 0.3 is 0 Å². The van der Waals surface area contributed by atoms with Gasteiger partial charge < -0.3 is 9.73 Å². The molecule has 0 aliphatic carbocycles. The molecule has 2 aromatic rings. The van der Waals surface area contributed by atoms with Crippen molar-refractivity contribution in [2.24, 2.45) is 0 Å². The van der Waals surface area contributed by atoms with Gasteiger partial charge in [0.1, 0.15) is 5.52 Å². The molecule has 1 aromatic heterocycles. The highest BCUT2D eigenvalue weighted by molar-refractivity contribution is 7.91. The molecule has 3 rings (SSSR count). The predicted octanol–water partition coefficient (Wildman–Crippen LogP) is 2.09. The van der Waals surface area contributed by atoms with E-state index in [1.54, 1.807) is 25.1 Å². The summed E-state index contributed by atoms with van der Waals surface area (Å²) in [6.45, 7) is 3.58. The van der Waals surface area contributed by atoms with E-state index in [0.717, 1.165) is 31.8 Å². The van der Waals surface area contributed by atoms with Crippen LogP contribution in [-0.4, -0.2) is 32.2 Å². The number of nitrogens with zero attached hydrogens (tertiary/aromatic N) is 1. The van der Waals surface area contributed by atoms with Crippen molar-refractivity contribution in [3.8, 4) is 0 Å².